The Morgan fingerprint density at radius 2 is 2.05 bits per heavy atom. The Kier molecular flexibility index (Phi) is 4.87. The van der Waals surface area contributed by atoms with E-state index in [4.69, 9.17) is 4.74 Å². The average molecular weight is 307 g/mol. The fourth-order valence-electron chi connectivity index (χ4n) is 1.79. The fraction of sp³-hybridized carbons (Fsp3) is 0.588. The number of nitrogens with zero attached hydrogens (tertiary/aromatic N) is 1. The number of hydrogen-bond acceptors (Lipinski definition) is 2. The van der Waals surface area contributed by atoms with E-state index < -0.39 is 11.0 Å². The van der Waals surface area contributed by atoms with E-state index in [0.29, 0.717) is 0 Å². The minimum absolute atomic E-state index is 0.336. The molecule has 21 heavy (non-hydrogen) atoms. The lowest BCUT2D eigenvalue weighted by molar-refractivity contribution is 0.298. The largest absolute Gasteiger partial charge is 0.493 e. The van der Waals surface area contributed by atoms with Crippen LogP contribution in [-0.4, -0.2) is 21.3 Å². The first-order valence-electron chi connectivity index (χ1n) is 7.48. The van der Waals surface area contributed by atoms with Crippen LogP contribution in [0.1, 0.15) is 51.7 Å². The summed E-state index contributed by atoms with van der Waals surface area (Å²) in [5.41, 5.74) is 2.90. The summed E-state index contributed by atoms with van der Waals surface area (Å²) < 4.78 is 22.0. The van der Waals surface area contributed by atoms with E-state index >= 15 is 0 Å². The quantitative estimate of drug-likeness (QED) is 0.770. The zero-order valence-corrected chi connectivity index (χ0v) is 14.4. The molecule has 1 aromatic carbocycles. The number of aryl methyl sites for hydroxylation is 1. The maximum absolute atomic E-state index is 12.1. The van der Waals surface area contributed by atoms with Crippen molar-refractivity contribution in [3.8, 4) is 5.75 Å². The van der Waals surface area contributed by atoms with Crippen LogP contribution in [0.15, 0.2) is 22.6 Å². The summed E-state index contributed by atoms with van der Waals surface area (Å²) in [5.74, 6) is 1.65. The maximum atomic E-state index is 12.1. The second kappa shape index (κ2) is 6.30. The lowest BCUT2D eigenvalue weighted by atomic mass is 10.1. The van der Waals surface area contributed by atoms with Gasteiger partial charge in [0.2, 0.25) is 0 Å². The Morgan fingerprint density at radius 1 is 1.38 bits per heavy atom. The molecule has 1 atom stereocenters. The lowest BCUT2D eigenvalue weighted by Crippen LogP contribution is -2.20. The molecule has 0 radical (unpaired) electrons. The molecule has 3 nitrogen and oxygen atoms in total. The molecular formula is C17H25NO2S. The predicted molar refractivity (Wildman–Crippen MR) is 89.5 cm³/mol. The zero-order chi connectivity index (χ0) is 15.6. The van der Waals surface area contributed by atoms with Gasteiger partial charge in [0.1, 0.15) is 16.7 Å². The van der Waals surface area contributed by atoms with Gasteiger partial charge in [0.25, 0.3) is 0 Å². The van der Waals surface area contributed by atoms with Gasteiger partial charge in [0.05, 0.1) is 17.1 Å². The van der Waals surface area contributed by atoms with E-state index in [1.54, 1.807) is 0 Å². The van der Waals surface area contributed by atoms with E-state index in [0.717, 1.165) is 35.1 Å². The molecule has 0 saturated heterocycles. The summed E-state index contributed by atoms with van der Waals surface area (Å²) in [6, 6.07) is 6.06. The molecule has 4 heteroatoms. The van der Waals surface area contributed by atoms with Crippen molar-refractivity contribution in [2.24, 2.45) is 10.3 Å². The molecule has 0 heterocycles. The van der Waals surface area contributed by atoms with Gasteiger partial charge in [0.15, 0.2) is 0 Å². The third-order valence-electron chi connectivity index (χ3n) is 3.52. The molecule has 0 bridgehead atoms. The van der Waals surface area contributed by atoms with Crippen molar-refractivity contribution >= 4 is 16.7 Å². The van der Waals surface area contributed by atoms with Crippen molar-refractivity contribution in [2.75, 3.05) is 6.61 Å². The number of hydrogen-bond donors (Lipinski definition) is 0. The highest BCUT2D eigenvalue weighted by Crippen LogP contribution is 2.30. The smallest absolute Gasteiger partial charge is 0.145 e. The molecule has 116 valence electrons. The van der Waals surface area contributed by atoms with E-state index in [9.17, 15) is 4.21 Å². The first kappa shape index (κ1) is 16.2. The molecule has 1 unspecified atom stereocenters. The van der Waals surface area contributed by atoms with Crippen LogP contribution in [0.2, 0.25) is 0 Å². The second-order valence-corrected chi connectivity index (χ2v) is 8.68. The van der Waals surface area contributed by atoms with Gasteiger partial charge >= 0.3 is 0 Å². The number of ether oxygens (including phenoxy) is 1. The fourth-order valence-corrected chi connectivity index (χ4v) is 2.41. The van der Waals surface area contributed by atoms with Gasteiger partial charge in [-0.2, -0.15) is 4.40 Å². The Morgan fingerprint density at radius 3 is 2.62 bits per heavy atom. The topological polar surface area (TPSA) is 38.7 Å². The molecule has 1 saturated carbocycles. The molecule has 2 rings (SSSR count). The summed E-state index contributed by atoms with van der Waals surface area (Å²) in [6.45, 7) is 10.5. The van der Waals surface area contributed by atoms with E-state index in [2.05, 4.69) is 4.40 Å². The van der Waals surface area contributed by atoms with Crippen LogP contribution in [0.4, 0.5) is 0 Å². The van der Waals surface area contributed by atoms with Gasteiger partial charge in [-0.05, 0) is 65.0 Å². The molecule has 1 aromatic rings. The van der Waals surface area contributed by atoms with Crippen molar-refractivity contribution in [1.82, 2.24) is 0 Å². The molecule has 1 aliphatic carbocycles. The SMILES string of the molecule is CC(=NS(=O)C(C)(C)C)c1ccc(C)c(OCC2CC2)c1. The molecule has 1 fully saturated rings. The van der Waals surface area contributed by atoms with E-state index in [1.807, 2.05) is 52.8 Å². The Hall–Kier alpha value is -1.16. The van der Waals surface area contributed by atoms with Gasteiger partial charge in [0, 0.05) is 5.56 Å². The van der Waals surface area contributed by atoms with Crippen molar-refractivity contribution in [1.29, 1.82) is 0 Å². The van der Waals surface area contributed by atoms with Crippen LogP contribution in [0, 0.1) is 12.8 Å². The van der Waals surface area contributed by atoms with Gasteiger partial charge in [-0.15, -0.1) is 0 Å². The number of rotatable bonds is 5. The van der Waals surface area contributed by atoms with Crippen LogP contribution < -0.4 is 4.74 Å². The summed E-state index contributed by atoms with van der Waals surface area (Å²) in [7, 11) is -1.23. The zero-order valence-electron chi connectivity index (χ0n) is 13.6. The molecule has 0 aromatic heterocycles. The van der Waals surface area contributed by atoms with Crippen molar-refractivity contribution in [3.63, 3.8) is 0 Å². The molecule has 0 N–H and O–H groups in total. The molecule has 1 aliphatic rings. The second-order valence-electron chi connectivity index (χ2n) is 6.77. The summed E-state index contributed by atoms with van der Waals surface area (Å²) in [4.78, 5) is 0. The van der Waals surface area contributed by atoms with Gasteiger partial charge in [-0.1, -0.05) is 12.1 Å². The lowest BCUT2D eigenvalue weighted by Gasteiger charge is -2.15. The molecule has 0 amide bonds. The Labute approximate surface area is 130 Å². The predicted octanol–water partition coefficient (Wildman–Crippen LogP) is 4.06. The van der Waals surface area contributed by atoms with Gasteiger partial charge in [-0.3, -0.25) is 0 Å². The molecule has 0 aliphatic heterocycles. The van der Waals surface area contributed by atoms with Crippen LogP contribution in [0.5, 0.6) is 5.75 Å². The highest BCUT2D eigenvalue weighted by molar-refractivity contribution is 7.85. The third-order valence-corrected chi connectivity index (χ3v) is 5.01. The van der Waals surface area contributed by atoms with Crippen LogP contribution >= 0.6 is 0 Å². The molecular weight excluding hydrogens is 282 g/mol. The normalized spacial score (nSPS) is 17.7. The highest BCUT2D eigenvalue weighted by atomic mass is 32.2. The maximum Gasteiger partial charge on any atom is 0.145 e. The summed E-state index contributed by atoms with van der Waals surface area (Å²) in [6.07, 6.45) is 2.56. The summed E-state index contributed by atoms with van der Waals surface area (Å²) in [5, 5.41) is 0. The monoisotopic (exact) mass is 307 g/mol. The minimum Gasteiger partial charge on any atom is -0.493 e. The Balaban J connectivity index is 2.16. The van der Waals surface area contributed by atoms with Crippen molar-refractivity contribution in [2.45, 2.75) is 52.2 Å². The van der Waals surface area contributed by atoms with Crippen LogP contribution in [0.3, 0.4) is 0 Å². The first-order valence-corrected chi connectivity index (χ1v) is 8.59. The van der Waals surface area contributed by atoms with Crippen molar-refractivity contribution in [3.05, 3.63) is 29.3 Å². The van der Waals surface area contributed by atoms with Crippen LogP contribution in [0.25, 0.3) is 0 Å². The number of benzene rings is 1. The Bertz CT molecular complexity index is 569. The van der Waals surface area contributed by atoms with E-state index in [1.165, 1.54) is 12.8 Å². The van der Waals surface area contributed by atoms with E-state index in [-0.39, 0.29) is 4.75 Å². The summed E-state index contributed by atoms with van der Waals surface area (Å²) >= 11 is 0. The standard InChI is InChI=1S/C17H25NO2S/c1-12-6-9-15(10-16(12)20-11-14-7-8-14)13(2)18-21(19)17(3,4)5/h6,9-10,14H,7-8,11H2,1-5H3. The first-order chi connectivity index (χ1) is 9.77. The molecule has 0 spiro atoms. The van der Waals surface area contributed by atoms with Crippen LogP contribution in [-0.2, 0) is 11.0 Å². The van der Waals surface area contributed by atoms with Crippen molar-refractivity contribution < 1.29 is 8.95 Å². The highest BCUT2D eigenvalue weighted by Gasteiger charge is 2.22. The third kappa shape index (κ3) is 4.67. The van der Waals surface area contributed by atoms with Gasteiger partial charge in [-0.25, -0.2) is 4.21 Å². The minimum atomic E-state index is -1.23. The average Bonchev–Trinajstić information content (AvgIpc) is 3.20. The van der Waals surface area contributed by atoms with Gasteiger partial charge < -0.3 is 4.74 Å².